The number of nitrogens with two attached hydrogens (primary N) is 1. The molecular weight excluding hydrogens is 196 g/mol. The molecule has 90 valence electrons. The highest BCUT2D eigenvalue weighted by molar-refractivity contribution is 5.14. The molecule has 0 aliphatic rings. The molecule has 0 fully saturated rings. The van der Waals surface area contributed by atoms with Gasteiger partial charge in [0.15, 0.2) is 0 Å². The van der Waals surface area contributed by atoms with Crippen LogP contribution < -0.4 is 5.73 Å². The number of unbranched alkanes of at least 4 members (excludes halogenated alkanes) is 1. The average molecular weight is 220 g/mol. The van der Waals surface area contributed by atoms with Crippen LogP contribution in [0.2, 0.25) is 0 Å². The summed E-state index contributed by atoms with van der Waals surface area (Å²) < 4.78 is 0. The monoisotopic (exact) mass is 220 g/mol. The lowest BCUT2D eigenvalue weighted by molar-refractivity contribution is 0.322. The molecule has 0 saturated heterocycles. The van der Waals surface area contributed by atoms with Gasteiger partial charge in [0, 0.05) is 0 Å². The van der Waals surface area contributed by atoms with E-state index in [1.165, 1.54) is 37.9 Å². The number of hydrogen-bond donors (Lipinski definition) is 1. The van der Waals surface area contributed by atoms with Crippen molar-refractivity contribution in [2.24, 2.45) is 5.73 Å². The van der Waals surface area contributed by atoms with E-state index in [9.17, 15) is 0 Å². The van der Waals surface area contributed by atoms with Gasteiger partial charge in [0.1, 0.15) is 0 Å². The van der Waals surface area contributed by atoms with Gasteiger partial charge in [0.25, 0.3) is 0 Å². The molecule has 2 heteroatoms. The SMILES string of the molecule is CN(CCCCN)CCCc1ccccc1. The fourth-order valence-corrected chi connectivity index (χ4v) is 1.84. The first-order valence-electron chi connectivity index (χ1n) is 6.25. The van der Waals surface area contributed by atoms with E-state index in [0.29, 0.717) is 0 Å². The Kier molecular flexibility index (Phi) is 6.86. The smallest absolute Gasteiger partial charge is 0.00186 e. The zero-order valence-electron chi connectivity index (χ0n) is 10.4. The Morgan fingerprint density at radius 2 is 1.69 bits per heavy atom. The van der Waals surface area contributed by atoms with Crippen LogP contribution in [0.15, 0.2) is 30.3 Å². The van der Waals surface area contributed by atoms with E-state index < -0.39 is 0 Å². The first kappa shape index (κ1) is 13.2. The van der Waals surface area contributed by atoms with Crippen LogP contribution in [0.5, 0.6) is 0 Å². The quantitative estimate of drug-likeness (QED) is 0.681. The van der Waals surface area contributed by atoms with Crippen LogP contribution in [0.4, 0.5) is 0 Å². The first-order chi connectivity index (χ1) is 7.83. The number of rotatable bonds is 8. The second kappa shape index (κ2) is 8.31. The summed E-state index contributed by atoms with van der Waals surface area (Å²) in [7, 11) is 2.20. The van der Waals surface area contributed by atoms with E-state index in [4.69, 9.17) is 5.73 Å². The van der Waals surface area contributed by atoms with E-state index in [0.717, 1.165) is 13.0 Å². The number of hydrogen-bond acceptors (Lipinski definition) is 2. The summed E-state index contributed by atoms with van der Waals surface area (Å²) >= 11 is 0. The molecule has 1 rings (SSSR count). The second-order valence-electron chi connectivity index (χ2n) is 4.39. The van der Waals surface area contributed by atoms with Gasteiger partial charge in [-0.05, 0) is 57.9 Å². The predicted octanol–water partition coefficient (Wildman–Crippen LogP) is 2.29. The fourth-order valence-electron chi connectivity index (χ4n) is 1.84. The molecule has 0 aromatic heterocycles. The van der Waals surface area contributed by atoms with Crippen molar-refractivity contribution >= 4 is 0 Å². The van der Waals surface area contributed by atoms with E-state index in [1.807, 2.05) is 0 Å². The van der Waals surface area contributed by atoms with Crippen LogP contribution in [-0.2, 0) is 6.42 Å². The third kappa shape index (κ3) is 5.89. The van der Waals surface area contributed by atoms with E-state index >= 15 is 0 Å². The molecule has 2 nitrogen and oxygen atoms in total. The summed E-state index contributed by atoms with van der Waals surface area (Å²) in [4.78, 5) is 2.40. The van der Waals surface area contributed by atoms with Gasteiger partial charge in [-0.2, -0.15) is 0 Å². The average Bonchev–Trinajstić information content (AvgIpc) is 2.31. The van der Waals surface area contributed by atoms with E-state index in [2.05, 4.69) is 42.3 Å². The molecule has 2 N–H and O–H groups in total. The molecular formula is C14H24N2. The van der Waals surface area contributed by atoms with Crippen molar-refractivity contribution in [3.05, 3.63) is 35.9 Å². The lowest BCUT2D eigenvalue weighted by atomic mass is 10.1. The first-order valence-corrected chi connectivity index (χ1v) is 6.25. The topological polar surface area (TPSA) is 29.3 Å². The lowest BCUT2D eigenvalue weighted by Crippen LogP contribution is -2.21. The minimum Gasteiger partial charge on any atom is -0.330 e. The van der Waals surface area contributed by atoms with Crippen molar-refractivity contribution in [1.29, 1.82) is 0 Å². The Balaban J connectivity index is 2.06. The summed E-state index contributed by atoms with van der Waals surface area (Å²) in [5, 5.41) is 0. The maximum atomic E-state index is 5.47. The Morgan fingerprint density at radius 1 is 1.00 bits per heavy atom. The molecule has 0 atom stereocenters. The molecule has 0 radical (unpaired) electrons. The van der Waals surface area contributed by atoms with Crippen molar-refractivity contribution in [1.82, 2.24) is 4.90 Å². The number of nitrogens with zero attached hydrogens (tertiary/aromatic N) is 1. The molecule has 0 heterocycles. The van der Waals surface area contributed by atoms with Gasteiger partial charge in [-0.25, -0.2) is 0 Å². The zero-order chi connectivity index (χ0) is 11.6. The van der Waals surface area contributed by atoms with Crippen molar-refractivity contribution in [2.75, 3.05) is 26.7 Å². The van der Waals surface area contributed by atoms with Gasteiger partial charge in [-0.3, -0.25) is 0 Å². The Hall–Kier alpha value is -0.860. The highest BCUT2D eigenvalue weighted by Crippen LogP contribution is 2.03. The fraction of sp³-hybridized carbons (Fsp3) is 0.571. The third-order valence-electron chi connectivity index (χ3n) is 2.84. The van der Waals surface area contributed by atoms with E-state index in [-0.39, 0.29) is 0 Å². The maximum Gasteiger partial charge on any atom is -0.00186 e. The zero-order valence-corrected chi connectivity index (χ0v) is 10.4. The Labute approximate surface area is 99.5 Å². The van der Waals surface area contributed by atoms with E-state index in [1.54, 1.807) is 0 Å². The summed E-state index contributed by atoms with van der Waals surface area (Å²) in [6, 6.07) is 10.7. The van der Waals surface area contributed by atoms with Crippen LogP contribution in [0, 0.1) is 0 Å². The molecule has 1 aromatic rings. The second-order valence-corrected chi connectivity index (χ2v) is 4.39. The molecule has 0 bridgehead atoms. The van der Waals surface area contributed by atoms with Gasteiger partial charge in [0.2, 0.25) is 0 Å². The molecule has 0 amide bonds. The summed E-state index contributed by atoms with van der Waals surface area (Å²) in [5.74, 6) is 0. The van der Waals surface area contributed by atoms with Gasteiger partial charge < -0.3 is 10.6 Å². The van der Waals surface area contributed by atoms with Gasteiger partial charge in [-0.15, -0.1) is 0 Å². The molecule has 0 saturated carbocycles. The van der Waals surface area contributed by atoms with Crippen LogP contribution in [0.3, 0.4) is 0 Å². The summed E-state index contributed by atoms with van der Waals surface area (Å²) in [6.07, 6.45) is 4.78. The van der Waals surface area contributed by atoms with Crippen LogP contribution in [0.25, 0.3) is 0 Å². The highest BCUT2D eigenvalue weighted by Gasteiger charge is 1.98. The Bertz CT molecular complexity index is 259. The lowest BCUT2D eigenvalue weighted by Gasteiger charge is -2.15. The summed E-state index contributed by atoms with van der Waals surface area (Å²) in [5.41, 5.74) is 6.91. The maximum absolute atomic E-state index is 5.47. The van der Waals surface area contributed by atoms with Crippen LogP contribution in [0.1, 0.15) is 24.8 Å². The minimum absolute atomic E-state index is 0.817. The highest BCUT2D eigenvalue weighted by atomic mass is 15.1. The van der Waals surface area contributed by atoms with Crippen molar-refractivity contribution in [3.63, 3.8) is 0 Å². The minimum atomic E-state index is 0.817. The molecule has 1 aromatic carbocycles. The molecule has 16 heavy (non-hydrogen) atoms. The number of benzene rings is 1. The standard InChI is InChI=1S/C14H24N2/c1-16(12-6-5-11-15)13-7-10-14-8-3-2-4-9-14/h2-4,8-9H,5-7,10-13,15H2,1H3. The molecule has 0 spiro atoms. The summed E-state index contributed by atoms with van der Waals surface area (Å²) in [6.45, 7) is 3.17. The normalized spacial score (nSPS) is 10.9. The van der Waals surface area contributed by atoms with Crippen molar-refractivity contribution in [2.45, 2.75) is 25.7 Å². The molecule has 0 aliphatic heterocycles. The van der Waals surface area contributed by atoms with Crippen molar-refractivity contribution in [3.8, 4) is 0 Å². The Morgan fingerprint density at radius 3 is 2.38 bits per heavy atom. The van der Waals surface area contributed by atoms with Gasteiger partial charge in [0.05, 0.1) is 0 Å². The largest absolute Gasteiger partial charge is 0.330 e. The van der Waals surface area contributed by atoms with Crippen molar-refractivity contribution < 1.29 is 0 Å². The molecule has 0 aliphatic carbocycles. The predicted molar refractivity (Wildman–Crippen MR) is 70.5 cm³/mol. The van der Waals surface area contributed by atoms with Gasteiger partial charge in [-0.1, -0.05) is 30.3 Å². The molecule has 0 unspecified atom stereocenters. The van der Waals surface area contributed by atoms with Crippen LogP contribution >= 0.6 is 0 Å². The number of aryl methyl sites for hydroxylation is 1. The third-order valence-corrected chi connectivity index (χ3v) is 2.84. The van der Waals surface area contributed by atoms with Gasteiger partial charge >= 0.3 is 0 Å². The van der Waals surface area contributed by atoms with Crippen LogP contribution in [-0.4, -0.2) is 31.6 Å².